The number of aromatic nitrogens is 1. The molecule has 2 aromatic rings. The third-order valence-electron chi connectivity index (χ3n) is 4.92. The zero-order valence-electron chi connectivity index (χ0n) is 22.3. The van der Waals surface area contributed by atoms with E-state index in [1.54, 1.807) is 37.8 Å². The van der Waals surface area contributed by atoms with E-state index < -0.39 is 26.8 Å². The SMILES string of the molecule is CC.CC.CC(C)(C)OC(=O)N1CCC(S(=O)(=O)c2c(Cl)ccc3nc(C(C)(C)C)oc23)CC1. The lowest BCUT2D eigenvalue weighted by atomic mass is 9.97. The molecule has 0 saturated carbocycles. The number of likely N-dealkylation sites (tertiary alicyclic amines) is 1. The number of benzene rings is 1. The number of carbonyl (C=O) groups excluding carboxylic acids is 1. The van der Waals surface area contributed by atoms with Gasteiger partial charge in [0.25, 0.3) is 0 Å². The van der Waals surface area contributed by atoms with Gasteiger partial charge in [-0.25, -0.2) is 18.2 Å². The highest BCUT2D eigenvalue weighted by Gasteiger charge is 2.37. The summed E-state index contributed by atoms with van der Waals surface area (Å²) in [5.74, 6) is 0.455. The number of fused-ring (bicyclic) bond motifs is 1. The fourth-order valence-corrected chi connectivity index (χ4v) is 5.75. The van der Waals surface area contributed by atoms with Crippen molar-refractivity contribution in [3.8, 4) is 0 Å². The molecule has 1 aliphatic rings. The van der Waals surface area contributed by atoms with Crippen LogP contribution in [0.1, 0.15) is 88.0 Å². The van der Waals surface area contributed by atoms with Crippen molar-refractivity contribution in [3.63, 3.8) is 0 Å². The van der Waals surface area contributed by atoms with Gasteiger partial charge in [-0.3, -0.25) is 0 Å². The number of hydrogen-bond donors (Lipinski definition) is 0. The number of piperidine rings is 1. The standard InChI is InChI=1S/C21H29ClN2O5S.2C2H6/c1-20(2,3)18-23-15-8-7-14(22)17(16(15)28-18)30(26,27)13-9-11-24(12-10-13)19(25)29-21(4,5)6;2*1-2/h7-8,13H,9-12H2,1-6H3;2*1-2H3. The predicted molar refractivity (Wildman–Crippen MR) is 138 cm³/mol. The second-order valence-electron chi connectivity index (χ2n) is 9.71. The van der Waals surface area contributed by atoms with Crippen LogP contribution in [0.2, 0.25) is 5.02 Å². The topological polar surface area (TPSA) is 89.7 Å². The fraction of sp³-hybridized carbons (Fsp3) is 0.680. The third kappa shape index (κ3) is 7.11. The maximum atomic E-state index is 13.5. The van der Waals surface area contributed by atoms with Crippen molar-refractivity contribution in [1.82, 2.24) is 9.88 Å². The minimum absolute atomic E-state index is 0.0135. The molecule has 0 unspecified atom stereocenters. The quantitative estimate of drug-likeness (QED) is 0.426. The third-order valence-corrected chi connectivity index (χ3v) is 7.67. The van der Waals surface area contributed by atoms with Crippen LogP contribution < -0.4 is 0 Å². The largest absolute Gasteiger partial charge is 0.444 e. The Kier molecular flexibility index (Phi) is 10.5. The van der Waals surface area contributed by atoms with Crippen LogP contribution in [0.15, 0.2) is 21.4 Å². The maximum absolute atomic E-state index is 13.5. The number of ether oxygens (including phenoxy) is 1. The zero-order valence-corrected chi connectivity index (χ0v) is 23.9. The molecule has 34 heavy (non-hydrogen) atoms. The second-order valence-corrected chi connectivity index (χ2v) is 12.3. The summed E-state index contributed by atoms with van der Waals surface area (Å²) in [5.41, 5.74) is -0.304. The molecule has 0 spiro atoms. The molecule has 1 aromatic carbocycles. The summed E-state index contributed by atoms with van der Waals surface area (Å²) >= 11 is 6.33. The van der Waals surface area contributed by atoms with Crippen molar-refractivity contribution in [2.45, 2.75) is 103 Å². The summed E-state index contributed by atoms with van der Waals surface area (Å²) in [4.78, 5) is 18.3. The van der Waals surface area contributed by atoms with E-state index in [1.807, 2.05) is 48.5 Å². The normalized spacial score (nSPS) is 15.2. The van der Waals surface area contributed by atoms with E-state index in [2.05, 4.69) is 4.98 Å². The highest BCUT2D eigenvalue weighted by Crippen LogP contribution is 2.37. The number of nitrogens with zero attached hydrogens (tertiary/aromatic N) is 2. The number of halogens is 1. The first-order valence-corrected chi connectivity index (χ1v) is 13.9. The number of amides is 1. The van der Waals surface area contributed by atoms with E-state index in [0.29, 0.717) is 37.3 Å². The molecule has 0 atom stereocenters. The highest BCUT2D eigenvalue weighted by molar-refractivity contribution is 7.92. The molecule has 3 rings (SSSR count). The van der Waals surface area contributed by atoms with Gasteiger partial charge in [-0.2, -0.15) is 0 Å². The molecular formula is C25H41ClN2O5S. The molecule has 0 N–H and O–H groups in total. The van der Waals surface area contributed by atoms with Crippen LogP contribution in [-0.4, -0.2) is 48.3 Å². The summed E-state index contributed by atoms with van der Waals surface area (Å²) in [5, 5.41) is -0.545. The minimum Gasteiger partial charge on any atom is -0.444 e. The van der Waals surface area contributed by atoms with Crippen LogP contribution in [0.4, 0.5) is 4.79 Å². The number of oxazole rings is 1. The van der Waals surface area contributed by atoms with E-state index in [1.165, 1.54) is 0 Å². The van der Waals surface area contributed by atoms with E-state index in [0.717, 1.165) is 0 Å². The molecule has 0 bridgehead atoms. The van der Waals surface area contributed by atoms with Crippen LogP contribution in [0, 0.1) is 0 Å². The van der Waals surface area contributed by atoms with Crippen LogP contribution in [0.3, 0.4) is 0 Å². The first-order valence-electron chi connectivity index (χ1n) is 12.0. The van der Waals surface area contributed by atoms with Gasteiger partial charge in [-0.15, -0.1) is 0 Å². The van der Waals surface area contributed by atoms with Gasteiger partial charge in [0.2, 0.25) is 5.89 Å². The predicted octanol–water partition coefficient (Wildman–Crippen LogP) is 7.00. The molecule has 1 fully saturated rings. The lowest BCUT2D eigenvalue weighted by Crippen LogP contribution is -2.44. The van der Waals surface area contributed by atoms with Gasteiger partial charge >= 0.3 is 6.09 Å². The van der Waals surface area contributed by atoms with E-state index >= 15 is 0 Å². The molecule has 1 saturated heterocycles. The smallest absolute Gasteiger partial charge is 0.410 e. The monoisotopic (exact) mass is 516 g/mol. The van der Waals surface area contributed by atoms with Gasteiger partial charge in [0.15, 0.2) is 15.4 Å². The van der Waals surface area contributed by atoms with Crippen molar-refractivity contribution < 1.29 is 22.4 Å². The van der Waals surface area contributed by atoms with Crippen LogP contribution >= 0.6 is 11.6 Å². The van der Waals surface area contributed by atoms with Gasteiger partial charge in [-0.1, -0.05) is 60.1 Å². The Labute approximate surface area is 210 Å². The minimum atomic E-state index is -3.78. The van der Waals surface area contributed by atoms with E-state index in [-0.39, 0.29) is 20.9 Å². The second kappa shape index (κ2) is 11.8. The molecule has 0 aliphatic carbocycles. The van der Waals surface area contributed by atoms with Crippen LogP contribution in [0.5, 0.6) is 0 Å². The van der Waals surface area contributed by atoms with Gasteiger partial charge in [0.1, 0.15) is 16.0 Å². The zero-order chi connectivity index (χ0) is 26.5. The van der Waals surface area contributed by atoms with Crippen molar-refractivity contribution in [1.29, 1.82) is 0 Å². The summed E-state index contributed by atoms with van der Waals surface area (Å²) < 4.78 is 38.2. The lowest BCUT2D eigenvalue weighted by Gasteiger charge is -2.33. The van der Waals surface area contributed by atoms with Crippen LogP contribution in [0.25, 0.3) is 11.1 Å². The first kappa shape index (κ1) is 30.2. The van der Waals surface area contributed by atoms with Gasteiger partial charge in [0, 0.05) is 18.5 Å². The summed E-state index contributed by atoms with van der Waals surface area (Å²) in [6.07, 6.45) is 0.173. The molecule has 0 radical (unpaired) electrons. The maximum Gasteiger partial charge on any atom is 0.410 e. The summed E-state index contributed by atoms with van der Waals surface area (Å²) in [6.45, 7) is 19.8. The Morgan fingerprint density at radius 1 is 1.06 bits per heavy atom. The summed E-state index contributed by atoms with van der Waals surface area (Å²) in [6, 6.07) is 3.21. The molecule has 1 aromatic heterocycles. The first-order chi connectivity index (χ1) is 15.7. The van der Waals surface area contributed by atoms with Gasteiger partial charge < -0.3 is 14.1 Å². The average Bonchev–Trinajstić information content (AvgIpc) is 3.20. The number of carbonyl (C=O) groups is 1. The Bertz CT molecular complexity index is 1060. The van der Waals surface area contributed by atoms with Crippen molar-refractivity contribution in [3.05, 3.63) is 23.0 Å². The molecule has 7 nitrogen and oxygen atoms in total. The number of sulfone groups is 1. The lowest BCUT2D eigenvalue weighted by molar-refractivity contribution is 0.0217. The fourth-order valence-electron chi connectivity index (χ4n) is 3.37. The van der Waals surface area contributed by atoms with Gasteiger partial charge in [-0.05, 0) is 45.7 Å². The molecule has 1 aliphatic heterocycles. The Morgan fingerprint density at radius 3 is 2.06 bits per heavy atom. The Morgan fingerprint density at radius 2 is 1.59 bits per heavy atom. The van der Waals surface area contributed by atoms with Crippen molar-refractivity contribution in [2.24, 2.45) is 0 Å². The molecule has 1 amide bonds. The summed E-state index contributed by atoms with van der Waals surface area (Å²) in [7, 11) is -3.78. The van der Waals surface area contributed by atoms with E-state index in [9.17, 15) is 13.2 Å². The Hall–Kier alpha value is -1.80. The molecule has 9 heteroatoms. The van der Waals surface area contributed by atoms with E-state index in [4.69, 9.17) is 20.8 Å². The average molecular weight is 517 g/mol. The highest BCUT2D eigenvalue weighted by atomic mass is 35.5. The van der Waals surface area contributed by atoms with Crippen molar-refractivity contribution in [2.75, 3.05) is 13.1 Å². The number of hydrogen-bond acceptors (Lipinski definition) is 6. The molecule has 194 valence electrons. The van der Waals surface area contributed by atoms with Crippen LogP contribution in [-0.2, 0) is 20.0 Å². The molecular weight excluding hydrogens is 476 g/mol. The number of rotatable bonds is 2. The van der Waals surface area contributed by atoms with Gasteiger partial charge in [0.05, 0.1) is 10.3 Å². The molecule has 2 heterocycles. The van der Waals surface area contributed by atoms with Crippen molar-refractivity contribution >= 4 is 38.6 Å². The Balaban J connectivity index is 0.00000137.